The summed E-state index contributed by atoms with van der Waals surface area (Å²) in [4.78, 5) is 27.2. The normalized spacial score (nSPS) is 19.7. The zero-order valence-electron chi connectivity index (χ0n) is 18.7. The summed E-state index contributed by atoms with van der Waals surface area (Å²) in [5.74, 6) is -0.391. The standard InChI is InChI=1S/C27H26FN3O3/c28-22-10-4-2-9-20(22)25-17-31(16-18-7-1-6-12-24(18)34-25)14-13-29-27(33)21-15-26(32)30-23-11-5-3-8-19(21)23/h1-12,21,25H,13-17H2,(H,29,33)(H,30,32). The molecule has 0 spiro atoms. The highest BCUT2D eigenvalue weighted by Crippen LogP contribution is 2.33. The van der Waals surface area contributed by atoms with Gasteiger partial charge in [0.05, 0.1) is 5.92 Å². The molecule has 34 heavy (non-hydrogen) atoms. The second kappa shape index (κ2) is 9.65. The van der Waals surface area contributed by atoms with Crippen LogP contribution in [0.3, 0.4) is 0 Å². The highest BCUT2D eigenvalue weighted by Gasteiger charge is 2.31. The van der Waals surface area contributed by atoms with E-state index in [9.17, 15) is 14.0 Å². The van der Waals surface area contributed by atoms with Gasteiger partial charge >= 0.3 is 0 Å². The highest BCUT2D eigenvalue weighted by molar-refractivity contribution is 6.01. The van der Waals surface area contributed by atoms with Crippen molar-refractivity contribution in [3.8, 4) is 5.75 Å². The van der Waals surface area contributed by atoms with E-state index in [4.69, 9.17) is 4.74 Å². The highest BCUT2D eigenvalue weighted by atomic mass is 19.1. The van der Waals surface area contributed by atoms with Crippen molar-refractivity contribution in [2.75, 3.05) is 25.0 Å². The van der Waals surface area contributed by atoms with Gasteiger partial charge in [0.25, 0.3) is 0 Å². The quantitative estimate of drug-likeness (QED) is 0.605. The van der Waals surface area contributed by atoms with Crippen LogP contribution < -0.4 is 15.4 Å². The number of amides is 2. The molecular formula is C27H26FN3O3. The van der Waals surface area contributed by atoms with Crippen molar-refractivity contribution in [3.63, 3.8) is 0 Å². The van der Waals surface area contributed by atoms with Crippen LogP contribution in [-0.4, -0.2) is 36.3 Å². The monoisotopic (exact) mass is 459 g/mol. The van der Waals surface area contributed by atoms with E-state index in [1.807, 2.05) is 48.5 Å². The maximum absolute atomic E-state index is 14.5. The number of nitrogens with one attached hydrogen (secondary N) is 2. The van der Waals surface area contributed by atoms with E-state index in [-0.39, 0.29) is 24.1 Å². The summed E-state index contributed by atoms with van der Waals surface area (Å²) in [6.45, 7) is 2.09. The van der Waals surface area contributed by atoms with Crippen molar-refractivity contribution >= 4 is 17.5 Å². The number of nitrogens with zero attached hydrogens (tertiary/aromatic N) is 1. The molecule has 2 aliphatic rings. The minimum Gasteiger partial charge on any atom is -0.484 e. The Hall–Kier alpha value is -3.71. The molecule has 0 aromatic heterocycles. The van der Waals surface area contributed by atoms with E-state index in [1.165, 1.54) is 6.07 Å². The number of carbonyl (C=O) groups excluding carboxylic acids is 2. The van der Waals surface area contributed by atoms with Gasteiger partial charge in [0.2, 0.25) is 11.8 Å². The third-order valence-electron chi connectivity index (χ3n) is 6.36. The second-order valence-electron chi connectivity index (χ2n) is 8.65. The molecule has 0 fully saturated rings. The number of fused-ring (bicyclic) bond motifs is 2. The molecule has 3 aromatic rings. The summed E-state index contributed by atoms with van der Waals surface area (Å²) in [5.41, 5.74) is 3.05. The van der Waals surface area contributed by atoms with Crippen molar-refractivity contribution < 1.29 is 18.7 Å². The van der Waals surface area contributed by atoms with Crippen LogP contribution in [0.4, 0.5) is 10.1 Å². The van der Waals surface area contributed by atoms with E-state index < -0.39 is 12.0 Å². The summed E-state index contributed by atoms with van der Waals surface area (Å²) >= 11 is 0. The van der Waals surface area contributed by atoms with Gasteiger partial charge in [-0.25, -0.2) is 4.39 Å². The fourth-order valence-corrected chi connectivity index (χ4v) is 4.65. The van der Waals surface area contributed by atoms with Crippen molar-refractivity contribution in [1.82, 2.24) is 10.2 Å². The summed E-state index contributed by atoms with van der Waals surface area (Å²) in [5, 5.41) is 5.82. The summed E-state index contributed by atoms with van der Waals surface area (Å²) in [6, 6.07) is 21.8. The van der Waals surface area contributed by atoms with Gasteiger partial charge in [-0.15, -0.1) is 0 Å². The zero-order chi connectivity index (χ0) is 23.5. The molecule has 174 valence electrons. The Balaban J connectivity index is 1.28. The van der Waals surface area contributed by atoms with Crippen LogP contribution in [0.15, 0.2) is 72.8 Å². The Morgan fingerprint density at radius 2 is 1.76 bits per heavy atom. The van der Waals surface area contributed by atoms with Crippen LogP contribution in [0.5, 0.6) is 5.75 Å². The lowest BCUT2D eigenvalue weighted by Gasteiger charge is -2.26. The molecule has 2 atom stereocenters. The van der Waals surface area contributed by atoms with Crippen LogP contribution in [0, 0.1) is 5.82 Å². The minimum atomic E-state index is -0.510. The number of halogens is 1. The van der Waals surface area contributed by atoms with Crippen LogP contribution in [0.1, 0.15) is 35.1 Å². The molecule has 2 aliphatic heterocycles. The summed E-state index contributed by atoms with van der Waals surface area (Å²) < 4.78 is 20.8. The number of anilines is 1. The Labute approximate surface area is 197 Å². The molecule has 2 N–H and O–H groups in total. The summed E-state index contributed by atoms with van der Waals surface area (Å²) in [7, 11) is 0. The molecule has 0 radical (unpaired) electrons. The lowest BCUT2D eigenvalue weighted by atomic mass is 9.90. The Kier molecular flexibility index (Phi) is 6.27. The van der Waals surface area contributed by atoms with E-state index in [1.54, 1.807) is 18.2 Å². The van der Waals surface area contributed by atoms with Gasteiger partial charge in [-0.2, -0.15) is 0 Å². The van der Waals surface area contributed by atoms with Gasteiger partial charge in [0.15, 0.2) is 0 Å². The smallest absolute Gasteiger partial charge is 0.228 e. The van der Waals surface area contributed by atoms with Gasteiger partial charge in [-0.05, 0) is 23.8 Å². The van der Waals surface area contributed by atoms with E-state index in [0.717, 1.165) is 16.9 Å². The van der Waals surface area contributed by atoms with Gasteiger partial charge in [-0.1, -0.05) is 54.6 Å². The Morgan fingerprint density at radius 3 is 2.62 bits per heavy atom. The third kappa shape index (κ3) is 4.65. The van der Waals surface area contributed by atoms with Gasteiger partial charge in [0, 0.05) is 49.4 Å². The average Bonchev–Trinajstić information content (AvgIpc) is 3.03. The second-order valence-corrected chi connectivity index (χ2v) is 8.65. The number of benzene rings is 3. The first kappa shape index (κ1) is 22.1. The van der Waals surface area contributed by atoms with E-state index in [2.05, 4.69) is 15.5 Å². The number of rotatable bonds is 5. The molecule has 2 amide bonds. The molecule has 2 heterocycles. The minimum absolute atomic E-state index is 0.128. The van der Waals surface area contributed by atoms with Crippen LogP contribution in [0.25, 0.3) is 0 Å². The Bertz CT molecular complexity index is 1210. The molecule has 5 rings (SSSR count). The number of para-hydroxylation sites is 2. The van der Waals surface area contributed by atoms with E-state index >= 15 is 0 Å². The Morgan fingerprint density at radius 1 is 1.03 bits per heavy atom. The maximum atomic E-state index is 14.5. The maximum Gasteiger partial charge on any atom is 0.228 e. The molecule has 3 aromatic carbocycles. The topological polar surface area (TPSA) is 70.7 Å². The number of hydrogen-bond acceptors (Lipinski definition) is 4. The molecular weight excluding hydrogens is 433 g/mol. The van der Waals surface area contributed by atoms with E-state index in [0.29, 0.717) is 37.4 Å². The lowest BCUT2D eigenvalue weighted by molar-refractivity contribution is -0.126. The van der Waals surface area contributed by atoms with Crippen molar-refractivity contribution in [2.45, 2.75) is 25.0 Å². The molecule has 0 bridgehead atoms. The fourth-order valence-electron chi connectivity index (χ4n) is 4.65. The van der Waals surface area contributed by atoms with Gasteiger partial charge in [0.1, 0.15) is 17.7 Å². The third-order valence-corrected chi connectivity index (χ3v) is 6.36. The predicted molar refractivity (Wildman–Crippen MR) is 127 cm³/mol. The van der Waals surface area contributed by atoms with Gasteiger partial charge in [-0.3, -0.25) is 14.5 Å². The SMILES string of the molecule is O=C1CC(C(=O)NCCN2Cc3ccccc3OC(c3ccccc3F)C2)c2ccccc2N1. The molecule has 0 saturated carbocycles. The summed E-state index contributed by atoms with van der Waals surface area (Å²) in [6.07, 6.45) is -0.335. The largest absolute Gasteiger partial charge is 0.484 e. The molecule has 0 aliphatic carbocycles. The fraction of sp³-hybridized carbons (Fsp3) is 0.259. The van der Waals surface area contributed by atoms with Crippen LogP contribution >= 0.6 is 0 Å². The number of ether oxygens (including phenoxy) is 1. The van der Waals surface area contributed by atoms with Crippen LogP contribution in [0.2, 0.25) is 0 Å². The first-order chi connectivity index (χ1) is 16.6. The molecule has 2 unspecified atom stereocenters. The average molecular weight is 460 g/mol. The number of hydrogen-bond donors (Lipinski definition) is 2. The first-order valence-electron chi connectivity index (χ1n) is 11.5. The molecule has 6 nitrogen and oxygen atoms in total. The molecule has 7 heteroatoms. The first-order valence-corrected chi connectivity index (χ1v) is 11.5. The van der Waals surface area contributed by atoms with Crippen molar-refractivity contribution in [3.05, 3.63) is 95.3 Å². The predicted octanol–water partition coefficient (Wildman–Crippen LogP) is 4.00. The van der Waals surface area contributed by atoms with Crippen molar-refractivity contribution in [2.24, 2.45) is 0 Å². The number of carbonyl (C=O) groups is 2. The van der Waals surface area contributed by atoms with Gasteiger partial charge < -0.3 is 15.4 Å². The lowest BCUT2D eigenvalue weighted by Crippen LogP contribution is -2.40. The van der Waals surface area contributed by atoms with Crippen molar-refractivity contribution in [1.29, 1.82) is 0 Å². The van der Waals surface area contributed by atoms with Crippen LogP contribution in [-0.2, 0) is 16.1 Å². The zero-order valence-corrected chi connectivity index (χ0v) is 18.7. The molecule has 0 saturated heterocycles.